The van der Waals surface area contributed by atoms with Crippen molar-refractivity contribution in [3.63, 3.8) is 0 Å². The topological polar surface area (TPSA) is 179 Å². The number of amides is 4. The number of hydrogen-bond donors (Lipinski definition) is 3. The van der Waals surface area contributed by atoms with Gasteiger partial charge in [0.2, 0.25) is 17.7 Å². The van der Waals surface area contributed by atoms with E-state index in [0.717, 1.165) is 51.7 Å². The van der Waals surface area contributed by atoms with Gasteiger partial charge >= 0.3 is 5.97 Å². The van der Waals surface area contributed by atoms with Crippen LogP contribution in [0.2, 0.25) is 0 Å². The van der Waals surface area contributed by atoms with Crippen LogP contribution in [-0.2, 0) is 59.4 Å². The second-order valence-corrected chi connectivity index (χ2v) is 24.2. The molecule has 72 heavy (non-hydrogen) atoms. The summed E-state index contributed by atoms with van der Waals surface area (Å²) in [7, 11) is 4.87. The van der Waals surface area contributed by atoms with Gasteiger partial charge in [-0.1, -0.05) is 51.8 Å². The number of esters is 1. The zero-order valence-corrected chi connectivity index (χ0v) is 44.7. The molecule has 2 saturated heterocycles. The van der Waals surface area contributed by atoms with Gasteiger partial charge in [-0.3, -0.25) is 34.0 Å². The minimum Gasteiger partial charge on any atom is -0.508 e. The van der Waals surface area contributed by atoms with Crippen molar-refractivity contribution in [1.82, 2.24) is 39.4 Å². The molecule has 2 aromatic carbocycles. The van der Waals surface area contributed by atoms with Crippen LogP contribution in [0.3, 0.4) is 0 Å². The normalized spacial score (nSPS) is 22.8. The van der Waals surface area contributed by atoms with Gasteiger partial charge in [-0.2, -0.15) is 0 Å². The van der Waals surface area contributed by atoms with E-state index in [1.54, 1.807) is 51.5 Å². The van der Waals surface area contributed by atoms with Crippen molar-refractivity contribution in [3.8, 4) is 28.1 Å². The van der Waals surface area contributed by atoms with E-state index in [9.17, 15) is 29.1 Å². The van der Waals surface area contributed by atoms with Crippen LogP contribution in [0.25, 0.3) is 33.3 Å². The first-order valence-corrected chi connectivity index (χ1v) is 26.3. The van der Waals surface area contributed by atoms with Gasteiger partial charge in [0.25, 0.3) is 5.91 Å². The van der Waals surface area contributed by atoms with Crippen LogP contribution in [0, 0.1) is 17.3 Å². The number of benzene rings is 2. The van der Waals surface area contributed by atoms with Gasteiger partial charge in [0.1, 0.15) is 29.9 Å². The first-order chi connectivity index (χ1) is 34.1. The van der Waals surface area contributed by atoms with Crippen molar-refractivity contribution < 1.29 is 38.6 Å². The van der Waals surface area contributed by atoms with E-state index in [2.05, 4.69) is 78.3 Å². The standard InChI is InChI=1S/C55H74N8O8S/c1-12-61-44-18-17-35-26-39(44)40(48(61)41-28-56-20-19-36(41)30-70-11)27-55(7,8)31-71-53(69)42-14-13-21-62(58-42)51(67)43(24-33-22-37(35)25-38(64)23-33)57-50(66)46(32(2)3)60(10)45(65)29-59(9)52(68)49-47(34-15-16-34)63(49)72-54(4,5)6/h17-20,22-23,25-26,28,32,34,42-43,46-47,49,58,64H,12-16,21,24,27,29-31H2,1-11H3,(H,57,66)/t42-,43-,46-,47+,49+,63?/m0/s1. The van der Waals surface area contributed by atoms with Crippen molar-refractivity contribution in [2.45, 2.75) is 142 Å². The van der Waals surface area contributed by atoms with Gasteiger partial charge in [0, 0.05) is 85.8 Å². The Balaban J connectivity index is 1.12. The third-order valence-electron chi connectivity index (χ3n) is 14.3. The molecule has 6 atom stereocenters. The largest absolute Gasteiger partial charge is 0.508 e. The molecule has 1 saturated carbocycles. The second kappa shape index (κ2) is 21.2. The fourth-order valence-electron chi connectivity index (χ4n) is 10.7. The summed E-state index contributed by atoms with van der Waals surface area (Å²) < 4.78 is 16.2. The second-order valence-electron chi connectivity index (χ2n) is 22.4. The number of hydrogen-bond acceptors (Lipinski definition) is 12. The summed E-state index contributed by atoms with van der Waals surface area (Å²) in [6.45, 7) is 17.5. The molecule has 8 rings (SSSR count). The molecular weight excluding hydrogens is 933 g/mol. The minimum atomic E-state index is -1.18. The number of methoxy groups -OCH3 is 1. The number of pyridine rings is 1. The number of aromatic hydroxyl groups is 1. The smallest absolute Gasteiger partial charge is 0.324 e. The molecule has 3 N–H and O–H groups in total. The zero-order valence-electron chi connectivity index (χ0n) is 43.9. The monoisotopic (exact) mass is 1010 g/mol. The number of rotatable bonds is 13. The van der Waals surface area contributed by atoms with Crippen LogP contribution in [-0.4, -0.2) is 139 Å². The van der Waals surface area contributed by atoms with Crippen molar-refractivity contribution in [2.24, 2.45) is 17.3 Å². The number of carbonyl (C=O) groups is 5. The molecular formula is C55H74N8O8S. The van der Waals surface area contributed by atoms with Crippen LogP contribution in [0.1, 0.15) is 97.8 Å². The summed E-state index contributed by atoms with van der Waals surface area (Å²) in [5.74, 6) is -1.95. The third kappa shape index (κ3) is 11.5. The molecule has 3 aliphatic heterocycles. The van der Waals surface area contributed by atoms with E-state index in [1.165, 1.54) is 14.8 Å². The Morgan fingerprint density at radius 1 is 1.06 bits per heavy atom. The molecule has 4 amide bonds. The number of likely N-dealkylation sites (N-methyl/N-ethyl adjacent to an activating group) is 2. The van der Waals surface area contributed by atoms with Crippen molar-refractivity contribution in [1.29, 1.82) is 0 Å². The summed E-state index contributed by atoms with van der Waals surface area (Å²) in [5, 5.41) is 16.8. The number of hydrazine groups is 1. The zero-order chi connectivity index (χ0) is 52.0. The summed E-state index contributed by atoms with van der Waals surface area (Å²) in [6.07, 6.45) is 7.30. The Morgan fingerprint density at radius 3 is 2.49 bits per heavy atom. The number of aryl methyl sites for hydroxylation is 1. The maximum atomic E-state index is 14.8. The van der Waals surface area contributed by atoms with Crippen LogP contribution >= 0.6 is 11.9 Å². The van der Waals surface area contributed by atoms with E-state index in [0.29, 0.717) is 49.5 Å². The highest BCUT2D eigenvalue weighted by molar-refractivity contribution is 7.98. The Morgan fingerprint density at radius 2 is 1.81 bits per heavy atom. The van der Waals surface area contributed by atoms with E-state index in [4.69, 9.17) is 9.47 Å². The molecule has 4 aliphatic rings. The third-order valence-corrected chi connectivity index (χ3v) is 15.5. The number of aromatic nitrogens is 2. The van der Waals surface area contributed by atoms with E-state index in [-0.39, 0.29) is 60.5 Å². The van der Waals surface area contributed by atoms with Crippen LogP contribution in [0.4, 0.5) is 0 Å². The predicted molar refractivity (Wildman–Crippen MR) is 279 cm³/mol. The van der Waals surface area contributed by atoms with Crippen molar-refractivity contribution in [2.75, 3.05) is 40.9 Å². The van der Waals surface area contributed by atoms with Gasteiger partial charge in [-0.15, -0.1) is 0 Å². The van der Waals surface area contributed by atoms with Gasteiger partial charge in [-0.05, 0) is 130 Å². The maximum Gasteiger partial charge on any atom is 0.324 e. The van der Waals surface area contributed by atoms with E-state index < -0.39 is 47.2 Å². The molecule has 0 spiro atoms. The number of phenolic OH excluding ortho intramolecular Hbond substituents is 1. The van der Waals surface area contributed by atoms with Crippen LogP contribution in [0.15, 0.2) is 54.9 Å². The number of cyclic esters (lactones) is 1. The first kappa shape index (κ1) is 52.8. The van der Waals surface area contributed by atoms with E-state index in [1.807, 2.05) is 38.2 Å². The highest BCUT2D eigenvalue weighted by atomic mass is 32.2. The quantitative estimate of drug-likeness (QED) is 0.0731. The number of fused-ring (bicyclic) bond motifs is 6. The van der Waals surface area contributed by atoms with E-state index >= 15 is 0 Å². The van der Waals surface area contributed by atoms with Gasteiger partial charge in [0.15, 0.2) is 0 Å². The highest BCUT2D eigenvalue weighted by Crippen LogP contribution is 2.53. The molecule has 1 aliphatic carbocycles. The molecule has 0 radical (unpaired) electrons. The molecule has 6 bridgehead atoms. The fourth-order valence-corrected chi connectivity index (χ4v) is 12.0. The SMILES string of the molecule is CCn1c(-c2cnccc2COC)c2c3cc(ccc31)-c1cc(O)cc(c1)C[C@H](NC(=O)[C@H](C(C)C)N(C)C(=O)CN(C)C(=O)[C@H]1[C@@H](C3CC3)N1SC(C)(C)C)C(=O)N1CCC[C@H](N1)C(=O)OCC(C)(C)C2. The lowest BCUT2D eigenvalue weighted by atomic mass is 9.84. The maximum absolute atomic E-state index is 14.8. The number of nitrogens with zero attached hydrogens (tertiary/aromatic N) is 6. The number of nitrogens with one attached hydrogen (secondary N) is 2. The molecule has 5 heterocycles. The lowest BCUT2D eigenvalue weighted by Gasteiger charge is -2.37. The highest BCUT2D eigenvalue weighted by Gasteiger charge is 2.61. The molecule has 1 unspecified atom stereocenters. The van der Waals surface area contributed by atoms with Crippen molar-refractivity contribution in [3.05, 3.63) is 71.5 Å². The Kier molecular flexibility index (Phi) is 15.5. The molecule has 2 aromatic heterocycles. The number of phenols is 1. The number of ether oxygens (including phenoxy) is 2. The first-order valence-electron chi connectivity index (χ1n) is 25.5. The number of carbonyl (C=O) groups excluding carboxylic acids is 5. The van der Waals surface area contributed by atoms with Crippen molar-refractivity contribution >= 4 is 52.4 Å². The molecule has 17 heteroatoms. The molecule has 4 aromatic rings. The average Bonchev–Trinajstić information content (AvgIpc) is 4.26. The Labute approximate surface area is 428 Å². The average molecular weight is 1010 g/mol. The van der Waals surface area contributed by atoms with Crippen LogP contribution < -0.4 is 10.7 Å². The molecule has 16 nitrogen and oxygen atoms in total. The predicted octanol–water partition coefficient (Wildman–Crippen LogP) is 6.74. The summed E-state index contributed by atoms with van der Waals surface area (Å²) in [4.78, 5) is 78.8. The Hall–Kier alpha value is -5.49. The van der Waals surface area contributed by atoms with Crippen LogP contribution in [0.5, 0.6) is 5.75 Å². The summed E-state index contributed by atoms with van der Waals surface area (Å²) >= 11 is 1.68. The minimum absolute atomic E-state index is 0.0139. The fraction of sp³-hybridized carbons (Fsp3) is 0.564. The Bertz CT molecular complexity index is 2710. The lowest BCUT2D eigenvalue weighted by molar-refractivity contribution is -0.155. The van der Waals surface area contributed by atoms with Gasteiger partial charge in [0.05, 0.1) is 25.5 Å². The summed E-state index contributed by atoms with van der Waals surface area (Å²) in [6, 6.07) is 10.3. The molecule has 3 fully saturated rings. The molecule has 388 valence electrons. The van der Waals surface area contributed by atoms with Gasteiger partial charge < -0.3 is 34.3 Å². The summed E-state index contributed by atoms with van der Waals surface area (Å²) in [5.41, 5.74) is 9.73. The van der Waals surface area contributed by atoms with Gasteiger partial charge in [-0.25, -0.2) is 9.73 Å². The lowest BCUT2D eigenvalue weighted by Crippen LogP contribution is -2.62.